The van der Waals surface area contributed by atoms with Gasteiger partial charge in [-0.25, -0.2) is 0 Å². The largest absolute Gasteiger partial charge is 0.355 e. The van der Waals surface area contributed by atoms with Crippen LogP contribution in [0.5, 0.6) is 0 Å². The van der Waals surface area contributed by atoms with Gasteiger partial charge in [0, 0.05) is 26.1 Å². The Kier molecular flexibility index (Phi) is 5.56. The lowest BCUT2D eigenvalue weighted by Crippen LogP contribution is -2.29. The Labute approximate surface area is 85.8 Å². The van der Waals surface area contributed by atoms with Crippen LogP contribution >= 0.6 is 0 Å². The van der Waals surface area contributed by atoms with Gasteiger partial charge in [0.25, 0.3) is 0 Å². The first-order valence-corrected chi connectivity index (χ1v) is 5.52. The van der Waals surface area contributed by atoms with E-state index in [1.54, 1.807) is 0 Å². The second kappa shape index (κ2) is 6.79. The number of nitrogens with zero attached hydrogens (tertiary/aromatic N) is 1. The smallest absolute Gasteiger partial charge is 0.221 e. The van der Waals surface area contributed by atoms with Gasteiger partial charge in [-0.15, -0.1) is 0 Å². The molecule has 4 heteroatoms. The Bertz CT molecular complexity index is 173. The Morgan fingerprint density at radius 2 is 2.14 bits per heavy atom. The van der Waals surface area contributed by atoms with Crippen LogP contribution in [0.1, 0.15) is 25.7 Å². The lowest BCUT2D eigenvalue weighted by molar-refractivity contribution is -0.120. The van der Waals surface area contributed by atoms with Crippen molar-refractivity contribution in [3.63, 3.8) is 0 Å². The van der Waals surface area contributed by atoms with Crippen LogP contribution in [0.25, 0.3) is 0 Å². The third-order valence-corrected chi connectivity index (χ3v) is 2.58. The maximum absolute atomic E-state index is 11.1. The molecule has 3 N–H and O–H groups in total. The molecule has 14 heavy (non-hydrogen) atoms. The molecule has 82 valence electrons. The van der Waals surface area contributed by atoms with Crippen LogP contribution in [0, 0.1) is 0 Å². The van der Waals surface area contributed by atoms with Crippen molar-refractivity contribution in [2.75, 3.05) is 32.7 Å². The predicted octanol–water partition coefficient (Wildman–Crippen LogP) is -0.0627. The standard InChI is InChI=1S/C10H21N3O/c11-5-2-1-3-7-13-8-4-10(14)12-6-9-13/h1-9,11H2,(H,12,14). The van der Waals surface area contributed by atoms with Gasteiger partial charge < -0.3 is 16.0 Å². The summed E-state index contributed by atoms with van der Waals surface area (Å²) in [6.07, 6.45) is 4.17. The lowest BCUT2D eigenvalue weighted by atomic mass is 10.2. The number of hydrogen-bond donors (Lipinski definition) is 2. The second-order valence-corrected chi connectivity index (χ2v) is 3.79. The van der Waals surface area contributed by atoms with Crippen LogP contribution in [0.4, 0.5) is 0 Å². The Morgan fingerprint density at radius 3 is 2.93 bits per heavy atom. The summed E-state index contributed by atoms with van der Waals surface area (Å²) in [7, 11) is 0. The molecular formula is C10H21N3O. The molecule has 1 heterocycles. The molecule has 1 fully saturated rings. The van der Waals surface area contributed by atoms with Crippen molar-refractivity contribution >= 4 is 5.91 Å². The average molecular weight is 199 g/mol. The monoisotopic (exact) mass is 199 g/mol. The van der Waals surface area contributed by atoms with Gasteiger partial charge in [0.15, 0.2) is 0 Å². The molecule has 1 saturated heterocycles. The third kappa shape index (κ3) is 4.58. The van der Waals surface area contributed by atoms with E-state index in [1.807, 2.05) is 0 Å². The van der Waals surface area contributed by atoms with Crippen LogP contribution in [0.3, 0.4) is 0 Å². The van der Waals surface area contributed by atoms with E-state index in [-0.39, 0.29) is 5.91 Å². The van der Waals surface area contributed by atoms with Crippen LogP contribution in [0.2, 0.25) is 0 Å². The Morgan fingerprint density at radius 1 is 1.29 bits per heavy atom. The Balaban J connectivity index is 2.08. The number of amides is 1. The normalized spacial score (nSPS) is 19.1. The van der Waals surface area contributed by atoms with Crippen LogP contribution in [-0.2, 0) is 4.79 Å². The maximum Gasteiger partial charge on any atom is 0.221 e. The number of unbranched alkanes of at least 4 members (excludes halogenated alkanes) is 2. The van der Waals surface area contributed by atoms with E-state index in [0.29, 0.717) is 6.42 Å². The van der Waals surface area contributed by atoms with Crippen LogP contribution < -0.4 is 11.1 Å². The maximum atomic E-state index is 11.1. The highest BCUT2D eigenvalue weighted by Gasteiger charge is 2.11. The molecule has 0 saturated carbocycles. The summed E-state index contributed by atoms with van der Waals surface area (Å²) in [5, 5.41) is 2.88. The van der Waals surface area contributed by atoms with Crippen molar-refractivity contribution < 1.29 is 4.79 Å². The molecule has 0 unspecified atom stereocenters. The van der Waals surface area contributed by atoms with Gasteiger partial charge in [-0.1, -0.05) is 6.42 Å². The summed E-state index contributed by atoms with van der Waals surface area (Å²) in [6.45, 7) is 4.60. The molecule has 0 radical (unpaired) electrons. The minimum atomic E-state index is 0.189. The molecule has 0 atom stereocenters. The highest BCUT2D eigenvalue weighted by atomic mass is 16.1. The lowest BCUT2D eigenvalue weighted by Gasteiger charge is -2.18. The number of carbonyl (C=O) groups is 1. The SMILES string of the molecule is NCCCCCN1CCNC(=O)CC1. The fourth-order valence-corrected chi connectivity index (χ4v) is 1.69. The van der Waals surface area contributed by atoms with E-state index < -0.39 is 0 Å². The van der Waals surface area contributed by atoms with E-state index in [2.05, 4.69) is 10.2 Å². The molecule has 1 amide bonds. The predicted molar refractivity (Wildman–Crippen MR) is 57.0 cm³/mol. The van der Waals surface area contributed by atoms with Gasteiger partial charge in [-0.05, 0) is 25.9 Å². The van der Waals surface area contributed by atoms with Crippen LogP contribution in [-0.4, -0.2) is 43.5 Å². The van der Waals surface area contributed by atoms with E-state index in [4.69, 9.17) is 5.73 Å². The number of nitrogens with two attached hydrogens (primary N) is 1. The minimum absolute atomic E-state index is 0.189. The van der Waals surface area contributed by atoms with Crippen molar-refractivity contribution in [1.82, 2.24) is 10.2 Å². The van der Waals surface area contributed by atoms with Crippen molar-refractivity contribution in [3.8, 4) is 0 Å². The molecule has 0 spiro atoms. The van der Waals surface area contributed by atoms with Crippen LogP contribution in [0.15, 0.2) is 0 Å². The summed E-state index contributed by atoms with van der Waals surface area (Å²) >= 11 is 0. The highest BCUT2D eigenvalue weighted by Crippen LogP contribution is 2.01. The van der Waals surface area contributed by atoms with Crippen molar-refractivity contribution in [3.05, 3.63) is 0 Å². The summed E-state index contributed by atoms with van der Waals surface area (Å²) in [5.41, 5.74) is 5.42. The zero-order chi connectivity index (χ0) is 10.2. The van der Waals surface area contributed by atoms with Crippen molar-refractivity contribution in [2.45, 2.75) is 25.7 Å². The quantitative estimate of drug-likeness (QED) is 0.610. The molecule has 0 bridgehead atoms. The number of nitrogens with one attached hydrogen (secondary N) is 1. The van der Waals surface area contributed by atoms with Gasteiger partial charge in [0.05, 0.1) is 0 Å². The Hall–Kier alpha value is -0.610. The van der Waals surface area contributed by atoms with E-state index in [1.165, 1.54) is 12.8 Å². The first kappa shape index (κ1) is 11.5. The van der Waals surface area contributed by atoms with Crippen molar-refractivity contribution in [2.24, 2.45) is 5.73 Å². The molecule has 0 aliphatic carbocycles. The van der Waals surface area contributed by atoms with Gasteiger partial charge in [-0.2, -0.15) is 0 Å². The van der Waals surface area contributed by atoms with E-state index in [9.17, 15) is 4.79 Å². The molecule has 1 rings (SSSR count). The number of hydrogen-bond acceptors (Lipinski definition) is 3. The summed E-state index contributed by atoms with van der Waals surface area (Å²) in [6, 6.07) is 0. The fraction of sp³-hybridized carbons (Fsp3) is 0.900. The van der Waals surface area contributed by atoms with E-state index >= 15 is 0 Å². The average Bonchev–Trinajstić information content (AvgIpc) is 2.38. The summed E-state index contributed by atoms with van der Waals surface area (Å²) in [5.74, 6) is 0.189. The minimum Gasteiger partial charge on any atom is -0.355 e. The van der Waals surface area contributed by atoms with Crippen molar-refractivity contribution in [1.29, 1.82) is 0 Å². The van der Waals surface area contributed by atoms with E-state index in [0.717, 1.165) is 39.1 Å². The zero-order valence-electron chi connectivity index (χ0n) is 8.80. The molecule has 4 nitrogen and oxygen atoms in total. The second-order valence-electron chi connectivity index (χ2n) is 3.79. The molecule has 1 aliphatic rings. The van der Waals surface area contributed by atoms with Gasteiger partial charge in [-0.3, -0.25) is 4.79 Å². The highest BCUT2D eigenvalue weighted by molar-refractivity contribution is 5.76. The molecule has 0 aromatic rings. The number of rotatable bonds is 5. The summed E-state index contributed by atoms with van der Waals surface area (Å²) < 4.78 is 0. The fourth-order valence-electron chi connectivity index (χ4n) is 1.69. The molecule has 0 aromatic carbocycles. The zero-order valence-corrected chi connectivity index (χ0v) is 8.80. The molecule has 0 aromatic heterocycles. The van der Waals surface area contributed by atoms with Gasteiger partial charge in [0.2, 0.25) is 5.91 Å². The topological polar surface area (TPSA) is 58.4 Å². The van der Waals surface area contributed by atoms with Gasteiger partial charge >= 0.3 is 0 Å². The number of carbonyl (C=O) groups excluding carboxylic acids is 1. The summed E-state index contributed by atoms with van der Waals surface area (Å²) in [4.78, 5) is 13.4. The molecule has 1 aliphatic heterocycles. The van der Waals surface area contributed by atoms with Gasteiger partial charge in [0.1, 0.15) is 0 Å². The molecular weight excluding hydrogens is 178 g/mol. The third-order valence-electron chi connectivity index (χ3n) is 2.58. The first-order chi connectivity index (χ1) is 6.83. The first-order valence-electron chi connectivity index (χ1n) is 5.52.